The van der Waals surface area contributed by atoms with E-state index in [1.807, 2.05) is 6.07 Å². The predicted octanol–water partition coefficient (Wildman–Crippen LogP) is 4.19. The molecule has 1 unspecified atom stereocenters. The minimum Gasteiger partial charge on any atom is -0.486 e. The maximum atomic E-state index is 6.27. The van der Waals surface area contributed by atoms with E-state index in [-0.39, 0.29) is 5.38 Å². The molecule has 2 nitrogen and oxygen atoms in total. The zero-order chi connectivity index (χ0) is 11.5. The van der Waals surface area contributed by atoms with Crippen molar-refractivity contribution in [2.45, 2.75) is 25.1 Å². The van der Waals surface area contributed by atoms with Gasteiger partial charge >= 0.3 is 0 Å². The highest BCUT2D eigenvalue weighted by molar-refractivity contribution is 6.33. The topological polar surface area (TPSA) is 18.5 Å². The summed E-state index contributed by atoms with van der Waals surface area (Å²) >= 11 is 12.4. The van der Waals surface area contributed by atoms with Crippen LogP contribution in [0.25, 0.3) is 0 Å². The Hall–Kier alpha value is -0.600. The Morgan fingerprint density at radius 3 is 2.50 bits per heavy atom. The average molecular weight is 261 g/mol. The Labute approximate surface area is 105 Å². The molecule has 1 aliphatic rings. The van der Waals surface area contributed by atoms with Crippen LogP contribution in [0.4, 0.5) is 0 Å². The van der Waals surface area contributed by atoms with Gasteiger partial charge in [0.25, 0.3) is 0 Å². The summed E-state index contributed by atoms with van der Waals surface area (Å²) < 4.78 is 11.0. The normalized spacial score (nSPS) is 15.9. The van der Waals surface area contributed by atoms with E-state index in [1.165, 1.54) is 0 Å². The Morgan fingerprint density at radius 1 is 1.25 bits per heavy atom. The summed E-state index contributed by atoms with van der Waals surface area (Å²) in [4.78, 5) is 0. The fraction of sp³-hybridized carbons (Fsp3) is 0.500. The summed E-state index contributed by atoms with van der Waals surface area (Å²) in [6.07, 6.45) is 1.93. The third kappa shape index (κ3) is 2.38. The summed E-state index contributed by atoms with van der Waals surface area (Å²) in [5.74, 6) is 1.45. The van der Waals surface area contributed by atoms with E-state index in [9.17, 15) is 0 Å². The molecule has 0 saturated carbocycles. The number of hydrogen-bond donors (Lipinski definition) is 0. The number of fused-ring (bicyclic) bond motifs is 1. The summed E-state index contributed by atoms with van der Waals surface area (Å²) in [6, 6.07) is 3.68. The van der Waals surface area contributed by atoms with E-state index in [4.69, 9.17) is 32.7 Å². The predicted molar refractivity (Wildman–Crippen MR) is 65.9 cm³/mol. The van der Waals surface area contributed by atoms with Crippen molar-refractivity contribution in [3.05, 3.63) is 22.7 Å². The van der Waals surface area contributed by atoms with Crippen molar-refractivity contribution in [2.75, 3.05) is 13.2 Å². The summed E-state index contributed by atoms with van der Waals surface area (Å²) in [6.45, 7) is 3.25. The van der Waals surface area contributed by atoms with Gasteiger partial charge < -0.3 is 9.47 Å². The number of rotatable bonds is 3. The summed E-state index contributed by atoms with van der Waals surface area (Å²) in [5.41, 5.74) is 0.925. The largest absolute Gasteiger partial charge is 0.486 e. The second kappa shape index (κ2) is 5.15. The first-order valence-corrected chi connectivity index (χ1v) is 6.27. The molecule has 1 aromatic carbocycles. The molecular weight excluding hydrogens is 247 g/mol. The molecule has 88 valence electrons. The van der Waals surface area contributed by atoms with Crippen molar-refractivity contribution in [1.29, 1.82) is 0 Å². The van der Waals surface area contributed by atoms with E-state index >= 15 is 0 Å². The van der Waals surface area contributed by atoms with Crippen molar-refractivity contribution < 1.29 is 9.47 Å². The molecular formula is C12H14Cl2O2. The van der Waals surface area contributed by atoms with Crippen LogP contribution < -0.4 is 9.47 Å². The number of alkyl halides is 1. The molecule has 0 bridgehead atoms. The standard InChI is InChI=1S/C12H14Cl2O2/c1-2-3-9(13)8-6-11-12(7-10(8)14)16-5-4-15-11/h6-7,9H,2-5H2,1H3. The lowest BCUT2D eigenvalue weighted by Crippen LogP contribution is -2.15. The Morgan fingerprint density at radius 2 is 1.88 bits per heavy atom. The van der Waals surface area contributed by atoms with Crippen LogP contribution in [0.5, 0.6) is 11.5 Å². The second-order valence-corrected chi connectivity index (χ2v) is 4.71. The van der Waals surface area contributed by atoms with Crippen molar-refractivity contribution >= 4 is 23.2 Å². The van der Waals surface area contributed by atoms with Gasteiger partial charge in [0.2, 0.25) is 0 Å². The van der Waals surface area contributed by atoms with E-state index in [0.717, 1.165) is 24.2 Å². The molecule has 1 aliphatic heterocycles. The Kier molecular flexibility index (Phi) is 3.82. The smallest absolute Gasteiger partial charge is 0.162 e. The van der Waals surface area contributed by atoms with Gasteiger partial charge in [0.1, 0.15) is 13.2 Å². The molecule has 0 N–H and O–H groups in total. The van der Waals surface area contributed by atoms with Crippen LogP contribution in [-0.2, 0) is 0 Å². The number of ether oxygens (including phenoxy) is 2. The van der Waals surface area contributed by atoms with Crippen LogP contribution in [-0.4, -0.2) is 13.2 Å². The quantitative estimate of drug-likeness (QED) is 0.759. The van der Waals surface area contributed by atoms with E-state index in [1.54, 1.807) is 6.07 Å². The zero-order valence-electron chi connectivity index (χ0n) is 9.13. The van der Waals surface area contributed by atoms with Crippen LogP contribution in [0.15, 0.2) is 12.1 Å². The third-order valence-corrected chi connectivity index (χ3v) is 3.32. The summed E-state index contributed by atoms with van der Waals surface area (Å²) in [5, 5.41) is 0.589. The van der Waals surface area contributed by atoms with Crippen LogP contribution in [0.2, 0.25) is 5.02 Å². The number of halogens is 2. The first-order valence-electron chi connectivity index (χ1n) is 5.45. The van der Waals surface area contributed by atoms with E-state index < -0.39 is 0 Å². The molecule has 1 atom stereocenters. The molecule has 0 amide bonds. The lowest BCUT2D eigenvalue weighted by atomic mass is 10.1. The van der Waals surface area contributed by atoms with Gasteiger partial charge in [-0.2, -0.15) is 0 Å². The minimum atomic E-state index is -0.0617. The first-order chi connectivity index (χ1) is 7.72. The van der Waals surface area contributed by atoms with Crippen molar-refractivity contribution in [1.82, 2.24) is 0 Å². The molecule has 1 heterocycles. The minimum absolute atomic E-state index is 0.0617. The highest BCUT2D eigenvalue weighted by Crippen LogP contribution is 2.40. The fourth-order valence-electron chi connectivity index (χ4n) is 1.73. The van der Waals surface area contributed by atoms with Crippen molar-refractivity contribution in [3.8, 4) is 11.5 Å². The van der Waals surface area contributed by atoms with Gasteiger partial charge in [-0.3, -0.25) is 0 Å². The van der Waals surface area contributed by atoms with Gasteiger partial charge in [-0.25, -0.2) is 0 Å². The molecule has 16 heavy (non-hydrogen) atoms. The lowest BCUT2D eigenvalue weighted by Gasteiger charge is -2.21. The van der Waals surface area contributed by atoms with Gasteiger partial charge in [0.05, 0.1) is 5.38 Å². The zero-order valence-corrected chi connectivity index (χ0v) is 10.6. The average Bonchev–Trinajstić information content (AvgIpc) is 2.28. The molecule has 0 aromatic heterocycles. The van der Waals surface area contributed by atoms with E-state index in [2.05, 4.69) is 6.92 Å². The van der Waals surface area contributed by atoms with E-state index in [0.29, 0.717) is 24.0 Å². The maximum Gasteiger partial charge on any atom is 0.162 e. The Balaban J connectivity index is 2.31. The Bertz CT molecular complexity index is 380. The van der Waals surface area contributed by atoms with Crippen molar-refractivity contribution in [2.24, 2.45) is 0 Å². The molecule has 1 aromatic rings. The van der Waals surface area contributed by atoms with Crippen LogP contribution in [0.1, 0.15) is 30.7 Å². The fourth-order valence-corrected chi connectivity index (χ4v) is 2.47. The lowest BCUT2D eigenvalue weighted by molar-refractivity contribution is 0.171. The van der Waals surface area contributed by atoms with Gasteiger partial charge in [0.15, 0.2) is 11.5 Å². The molecule has 0 aliphatic carbocycles. The second-order valence-electron chi connectivity index (χ2n) is 3.77. The first kappa shape index (κ1) is 11.9. The van der Waals surface area contributed by atoms with Gasteiger partial charge in [-0.05, 0) is 18.1 Å². The summed E-state index contributed by atoms with van der Waals surface area (Å²) in [7, 11) is 0. The monoisotopic (exact) mass is 260 g/mol. The van der Waals surface area contributed by atoms with Crippen molar-refractivity contribution in [3.63, 3.8) is 0 Å². The number of hydrogen-bond acceptors (Lipinski definition) is 2. The highest BCUT2D eigenvalue weighted by Gasteiger charge is 2.18. The molecule has 4 heteroatoms. The maximum absolute atomic E-state index is 6.27. The van der Waals surface area contributed by atoms with Crippen LogP contribution in [0.3, 0.4) is 0 Å². The molecule has 0 saturated heterocycles. The SMILES string of the molecule is CCCC(Cl)c1cc2c(cc1Cl)OCCO2. The van der Waals surface area contributed by atoms with Gasteiger partial charge in [-0.15, -0.1) is 11.6 Å². The molecule has 0 fully saturated rings. The van der Waals surface area contributed by atoms with Gasteiger partial charge in [-0.1, -0.05) is 24.9 Å². The van der Waals surface area contributed by atoms with Gasteiger partial charge in [0, 0.05) is 11.1 Å². The third-order valence-electron chi connectivity index (χ3n) is 2.54. The molecule has 2 rings (SSSR count). The van der Waals surface area contributed by atoms with Crippen LogP contribution in [0, 0.1) is 0 Å². The molecule has 0 radical (unpaired) electrons. The highest BCUT2D eigenvalue weighted by atomic mass is 35.5. The number of benzene rings is 1. The molecule has 0 spiro atoms. The van der Waals surface area contributed by atoms with Crippen LogP contribution >= 0.6 is 23.2 Å².